The lowest BCUT2D eigenvalue weighted by Crippen LogP contribution is -2.02. The molecule has 3 rings (SSSR count). The number of carbonyl (C=O) groups excluding carboxylic acids is 1. The van der Waals surface area contributed by atoms with Crippen LogP contribution < -0.4 is 9.47 Å². The van der Waals surface area contributed by atoms with E-state index in [1.54, 1.807) is 30.3 Å². The molecule has 21 heavy (non-hydrogen) atoms. The lowest BCUT2D eigenvalue weighted by molar-refractivity contribution is 0.103. The van der Waals surface area contributed by atoms with Gasteiger partial charge in [0.25, 0.3) is 0 Å². The number of ketones is 1. The minimum absolute atomic E-state index is 0.0763. The molecule has 108 valence electrons. The van der Waals surface area contributed by atoms with Crippen LogP contribution in [-0.2, 0) is 0 Å². The summed E-state index contributed by atoms with van der Waals surface area (Å²) in [6.45, 7) is 3.14. The van der Waals surface area contributed by atoms with Crippen LogP contribution in [0, 0.1) is 6.92 Å². The predicted molar refractivity (Wildman–Crippen MR) is 81.7 cm³/mol. The zero-order valence-electron chi connectivity index (χ0n) is 11.7. The van der Waals surface area contributed by atoms with Crippen molar-refractivity contribution in [2.75, 3.05) is 13.2 Å². The second-order valence-electron chi connectivity index (χ2n) is 5.01. The molecule has 0 aromatic heterocycles. The number of hydrogen-bond acceptors (Lipinski definition) is 3. The van der Waals surface area contributed by atoms with E-state index < -0.39 is 0 Å². The first kappa shape index (κ1) is 14.0. The molecule has 0 saturated carbocycles. The zero-order valence-corrected chi connectivity index (χ0v) is 12.4. The Balaban J connectivity index is 1.94. The Kier molecular flexibility index (Phi) is 3.84. The minimum atomic E-state index is -0.0763. The van der Waals surface area contributed by atoms with Crippen LogP contribution in [0.15, 0.2) is 36.4 Å². The normalized spacial score (nSPS) is 13.6. The van der Waals surface area contributed by atoms with Gasteiger partial charge < -0.3 is 9.47 Å². The van der Waals surface area contributed by atoms with E-state index in [4.69, 9.17) is 21.1 Å². The fourth-order valence-corrected chi connectivity index (χ4v) is 2.39. The molecular weight excluding hydrogens is 288 g/mol. The number of aryl methyl sites for hydroxylation is 1. The van der Waals surface area contributed by atoms with Gasteiger partial charge in [-0.25, -0.2) is 0 Å². The molecule has 1 aliphatic heterocycles. The molecule has 2 aromatic rings. The first-order valence-corrected chi connectivity index (χ1v) is 7.23. The summed E-state index contributed by atoms with van der Waals surface area (Å²) in [4.78, 5) is 12.5. The first-order chi connectivity index (χ1) is 10.1. The predicted octanol–water partition coefficient (Wildman–Crippen LogP) is 4.04. The highest BCUT2D eigenvalue weighted by molar-refractivity contribution is 6.31. The van der Waals surface area contributed by atoms with Gasteiger partial charge in [-0.3, -0.25) is 4.79 Å². The van der Waals surface area contributed by atoms with Gasteiger partial charge >= 0.3 is 0 Å². The van der Waals surface area contributed by atoms with E-state index in [1.165, 1.54) is 0 Å². The summed E-state index contributed by atoms with van der Waals surface area (Å²) in [5.41, 5.74) is 2.09. The van der Waals surface area contributed by atoms with Gasteiger partial charge in [0.05, 0.1) is 13.2 Å². The molecule has 3 nitrogen and oxygen atoms in total. The average molecular weight is 303 g/mol. The van der Waals surface area contributed by atoms with Crippen molar-refractivity contribution >= 4 is 17.4 Å². The number of benzene rings is 2. The lowest BCUT2D eigenvalue weighted by Gasteiger charge is -2.09. The molecular formula is C17H15ClO3. The van der Waals surface area contributed by atoms with Crippen molar-refractivity contribution in [1.29, 1.82) is 0 Å². The van der Waals surface area contributed by atoms with Crippen molar-refractivity contribution in [2.24, 2.45) is 0 Å². The van der Waals surface area contributed by atoms with Crippen molar-refractivity contribution < 1.29 is 14.3 Å². The van der Waals surface area contributed by atoms with Crippen molar-refractivity contribution in [2.45, 2.75) is 13.3 Å². The Morgan fingerprint density at radius 3 is 2.43 bits per heavy atom. The van der Waals surface area contributed by atoms with Gasteiger partial charge in [-0.15, -0.1) is 0 Å². The van der Waals surface area contributed by atoms with E-state index in [0.717, 1.165) is 12.0 Å². The van der Waals surface area contributed by atoms with Crippen molar-refractivity contribution in [3.05, 3.63) is 58.1 Å². The Morgan fingerprint density at radius 1 is 1.00 bits per heavy atom. The van der Waals surface area contributed by atoms with E-state index in [9.17, 15) is 4.79 Å². The Hall–Kier alpha value is -2.00. The summed E-state index contributed by atoms with van der Waals surface area (Å²) in [5.74, 6) is 1.23. The molecule has 2 aromatic carbocycles. The third kappa shape index (κ3) is 2.88. The summed E-state index contributed by atoms with van der Waals surface area (Å²) in [6, 6.07) is 10.6. The highest BCUT2D eigenvalue weighted by atomic mass is 35.5. The van der Waals surface area contributed by atoms with E-state index >= 15 is 0 Å². The van der Waals surface area contributed by atoms with E-state index in [2.05, 4.69) is 0 Å². The van der Waals surface area contributed by atoms with E-state index in [0.29, 0.717) is 40.9 Å². The van der Waals surface area contributed by atoms with Crippen LogP contribution >= 0.6 is 11.6 Å². The zero-order chi connectivity index (χ0) is 14.8. The molecule has 0 bridgehead atoms. The van der Waals surface area contributed by atoms with E-state index in [1.807, 2.05) is 13.0 Å². The topological polar surface area (TPSA) is 35.5 Å². The molecule has 0 unspecified atom stereocenters. The molecule has 1 aliphatic rings. The molecule has 0 N–H and O–H groups in total. The average Bonchev–Trinajstić information content (AvgIpc) is 2.73. The van der Waals surface area contributed by atoms with Crippen molar-refractivity contribution in [3.63, 3.8) is 0 Å². The number of halogens is 1. The monoisotopic (exact) mass is 302 g/mol. The van der Waals surface area contributed by atoms with Gasteiger partial charge in [0.2, 0.25) is 0 Å². The molecule has 0 spiro atoms. The standard InChI is InChI=1S/C17H15ClO3/c1-11-3-4-12(9-14(11)18)17(19)13-5-6-15-16(10-13)21-8-2-7-20-15/h3-6,9-10H,2,7-8H2,1H3. The summed E-state index contributed by atoms with van der Waals surface area (Å²) >= 11 is 6.09. The molecule has 4 heteroatoms. The number of fused-ring (bicyclic) bond motifs is 1. The SMILES string of the molecule is Cc1ccc(C(=O)c2ccc3c(c2)OCCCO3)cc1Cl. The maximum Gasteiger partial charge on any atom is 0.193 e. The van der Waals surface area contributed by atoms with Crippen LogP contribution in [0.4, 0.5) is 0 Å². The van der Waals surface area contributed by atoms with Crippen LogP contribution in [0.5, 0.6) is 11.5 Å². The van der Waals surface area contributed by atoms with Gasteiger partial charge in [0.1, 0.15) is 0 Å². The molecule has 1 heterocycles. The Bertz CT molecular complexity index is 694. The second-order valence-corrected chi connectivity index (χ2v) is 5.41. The summed E-state index contributed by atoms with van der Waals surface area (Å²) < 4.78 is 11.2. The summed E-state index contributed by atoms with van der Waals surface area (Å²) in [5, 5.41) is 0.593. The Labute approximate surface area is 128 Å². The molecule has 0 atom stereocenters. The van der Waals surface area contributed by atoms with E-state index in [-0.39, 0.29) is 5.78 Å². The number of hydrogen-bond donors (Lipinski definition) is 0. The first-order valence-electron chi connectivity index (χ1n) is 6.85. The van der Waals surface area contributed by atoms with Gasteiger partial charge in [0.15, 0.2) is 17.3 Å². The molecule has 0 aliphatic carbocycles. The van der Waals surface area contributed by atoms with Crippen LogP contribution in [0.25, 0.3) is 0 Å². The van der Waals surface area contributed by atoms with Crippen molar-refractivity contribution in [1.82, 2.24) is 0 Å². The van der Waals surface area contributed by atoms with Crippen LogP contribution in [-0.4, -0.2) is 19.0 Å². The third-order valence-corrected chi connectivity index (χ3v) is 3.85. The maximum atomic E-state index is 12.5. The van der Waals surface area contributed by atoms with Gasteiger partial charge in [0, 0.05) is 22.6 Å². The van der Waals surface area contributed by atoms with Crippen LogP contribution in [0.2, 0.25) is 5.02 Å². The molecule has 0 fully saturated rings. The fourth-order valence-electron chi connectivity index (χ4n) is 2.21. The summed E-state index contributed by atoms with van der Waals surface area (Å²) in [6.07, 6.45) is 0.839. The Morgan fingerprint density at radius 2 is 1.67 bits per heavy atom. The summed E-state index contributed by atoms with van der Waals surface area (Å²) in [7, 11) is 0. The third-order valence-electron chi connectivity index (χ3n) is 3.44. The molecule has 0 radical (unpaired) electrons. The van der Waals surface area contributed by atoms with Gasteiger partial charge in [-0.1, -0.05) is 23.7 Å². The smallest absolute Gasteiger partial charge is 0.193 e. The number of rotatable bonds is 2. The molecule has 0 saturated heterocycles. The maximum absolute atomic E-state index is 12.5. The van der Waals surface area contributed by atoms with Gasteiger partial charge in [-0.2, -0.15) is 0 Å². The largest absolute Gasteiger partial charge is 0.490 e. The number of carbonyl (C=O) groups is 1. The highest BCUT2D eigenvalue weighted by Gasteiger charge is 2.15. The minimum Gasteiger partial charge on any atom is -0.490 e. The quantitative estimate of drug-likeness (QED) is 0.785. The highest BCUT2D eigenvalue weighted by Crippen LogP contribution is 2.31. The second kappa shape index (κ2) is 5.78. The lowest BCUT2D eigenvalue weighted by atomic mass is 10.0. The number of ether oxygens (including phenoxy) is 2. The molecule has 0 amide bonds. The van der Waals surface area contributed by atoms with Crippen molar-refractivity contribution in [3.8, 4) is 11.5 Å². The van der Waals surface area contributed by atoms with Gasteiger partial charge in [-0.05, 0) is 36.8 Å². The van der Waals surface area contributed by atoms with Crippen LogP contribution in [0.1, 0.15) is 27.9 Å². The van der Waals surface area contributed by atoms with Crippen LogP contribution in [0.3, 0.4) is 0 Å². The fraction of sp³-hybridized carbons (Fsp3) is 0.235.